The van der Waals surface area contributed by atoms with Crippen molar-refractivity contribution >= 4 is 11.8 Å². The molecule has 1 aromatic heterocycles. The van der Waals surface area contributed by atoms with Gasteiger partial charge in [-0.2, -0.15) is 0 Å². The van der Waals surface area contributed by atoms with Gasteiger partial charge in [-0.3, -0.25) is 4.79 Å². The summed E-state index contributed by atoms with van der Waals surface area (Å²) in [6, 6.07) is 7.84. The van der Waals surface area contributed by atoms with Gasteiger partial charge in [0.15, 0.2) is 0 Å². The fourth-order valence-electron chi connectivity index (χ4n) is 1.44. The van der Waals surface area contributed by atoms with E-state index < -0.39 is 0 Å². The molecule has 1 aromatic carbocycles. The van der Waals surface area contributed by atoms with Crippen LogP contribution >= 0.6 is 11.8 Å². The summed E-state index contributed by atoms with van der Waals surface area (Å²) < 4.78 is 13.4. The van der Waals surface area contributed by atoms with Crippen LogP contribution in [0.4, 0.5) is 4.39 Å². The molecule has 18 heavy (non-hydrogen) atoms. The highest BCUT2D eigenvalue weighted by Crippen LogP contribution is 2.23. The van der Waals surface area contributed by atoms with Gasteiger partial charge in [0.2, 0.25) is 0 Å². The van der Waals surface area contributed by atoms with Gasteiger partial charge in [0.05, 0.1) is 11.4 Å². The number of halogens is 1. The lowest BCUT2D eigenvalue weighted by molar-refractivity contribution is 0.602. The van der Waals surface area contributed by atoms with E-state index in [2.05, 4.69) is 9.97 Å². The van der Waals surface area contributed by atoms with Gasteiger partial charge < -0.3 is 10.7 Å². The summed E-state index contributed by atoms with van der Waals surface area (Å²) in [6.07, 6.45) is 0. The predicted octanol–water partition coefficient (Wildman–Crippen LogP) is 1.66. The Bertz CT molecular complexity index is 600. The van der Waals surface area contributed by atoms with E-state index in [4.69, 9.17) is 5.73 Å². The Balaban J connectivity index is 2.13. The number of thioether (sulfide) groups is 1. The molecule has 4 nitrogen and oxygen atoms in total. The first-order valence-corrected chi connectivity index (χ1v) is 6.34. The van der Waals surface area contributed by atoms with E-state index in [1.165, 1.54) is 23.9 Å². The van der Waals surface area contributed by atoms with Crippen molar-refractivity contribution in [1.82, 2.24) is 9.97 Å². The molecule has 0 atom stereocenters. The number of nitrogens with zero attached hydrogens (tertiary/aromatic N) is 1. The minimum atomic E-state index is -0.278. The fourth-order valence-corrected chi connectivity index (χ4v) is 2.25. The summed E-state index contributed by atoms with van der Waals surface area (Å²) in [7, 11) is 0. The maximum Gasteiger partial charge on any atom is 0.251 e. The van der Waals surface area contributed by atoms with Crippen molar-refractivity contribution in [1.29, 1.82) is 0 Å². The van der Waals surface area contributed by atoms with Crippen LogP contribution in [0.5, 0.6) is 0 Å². The van der Waals surface area contributed by atoms with Gasteiger partial charge in [-0.25, -0.2) is 9.37 Å². The van der Waals surface area contributed by atoms with E-state index in [1.54, 1.807) is 18.2 Å². The van der Waals surface area contributed by atoms with Crippen LogP contribution in [-0.4, -0.2) is 9.97 Å². The molecule has 0 saturated heterocycles. The molecule has 0 saturated carbocycles. The zero-order chi connectivity index (χ0) is 13.0. The van der Waals surface area contributed by atoms with Gasteiger partial charge in [0.25, 0.3) is 5.56 Å². The molecule has 6 heteroatoms. The quantitative estimate of drug-likeness (QED) is 0.825. The number of hydrogen-bond donors (Lipinski definition) is 2. The predicted molar refractivity (Wildman–Crippen MR) is 68.7 cm³/mol. The lowest BCUT2D eigenvalue weighted by Crippen LogP contribution is -2.14. The Labute approximate surface area is 107 Å². The molecule has 0 unspecified atom stereocenters. The normalized spacial score (nSPS) is 10.6. The molecule has 2 aromatic rings. The number of aromatic amines is 1. The van der Waals surface area contributed by atoms with Crippen LogP contribution in [0.1, 0.15) is 11.5 Å². The molecule has 0 bridgehead atoms. The molecule has 0 aliphatic heterocycles. The number of benzene rings is 1. The topological polar surface area (TPSA) is 71.8 Å². The summed E-state index contributed by atoms with van der Waals surface area (Å²) in [4.78, 5) is 18.6. The first-order valence-electron chi connectivity index (χ1n) is 5.35. The van der Waals surface area contributed by atoms with Crippen LogP contribution < -0.4 is 11.3 Å². The number of nitrogens with two attached hydrogens (primary N) is 1. The first-order chi connectivity index (χ1) is 8.69. The monoisotopic (exact) mass is 265 g/mol. The second-order valence-corrected chi connectivity index (χ2v) is 4.62. The van der Waals surface area contributed by atoms with Crippen LogP contribution in [0.3, 0.4) is 0 Å². The van der Waals surface area contributed by atoms with Crippen LogP contribution in [0.2, 0.25) is 0 Å². The third-order valence-corrected chi connectivity index (χ3v) is 3.31. The Morgan fingerprint density at radius 2 is 2.17 bits per heavy atom. The summed E-state index contributed by atoms with van der Waals surface area (Å²) in [5.41, 5.74) is 5.73. The molecular formula is C12H12FN3OS. The van der Waals surface area contributed by atoms with Crippen molar-refractivity contribution in [3.8, 4) is 0 Å². The second kappa shape index (κ2) is 5.79. The van der Waals surface area contributed by atoms with Crippen molar-refractivity contribution < 1.29 is 4.39 Å². The minimum absolute atomic E-state index is 0.210. The van der Waals surface area contributed by atoms with Crippen molar-refractivity contribution in [2.45, 2.75) is 17.2 Å². The average Bonchev–Trinajstić information content (AvgIpc) is 2.37. The molecule has 3 N–H and O–H groups in total. The smallest absolute Gasteiger partial charge is 0.251 e. The summed E-state index contributed by atoms with van der Waals surface area (Å²) in [5.74, 6) is 0.611. The number of H-pyrrole nitrogens is 1. The van der Waals surface area contributed by atoms with E-state index in [9.17, 15) is 9.18 Å². The van der Waals surface area contributed by atoms with E-state index in [0.717, 1.165) is 0 Å². The Morgan fingerprint density at radius 1 is 1.39 bits per heavy atom. The van der Waals surface area contributed by atoms with Crippen molar-refractivity contribution in [2.24, 2.45) is 5.73 Å². The van der Waals surface area contributed by atoms with Crippen molar-refractivity contribution in [2.75, 3.05) is 0 Å². The van der Waals surface area contributed by atoms with Gasteiger partial charge in [-0.1, -0.05) is 12.1 Å². The van der Waals surface area contributed by atoms with E-state index in [0.29, 0.717) is 22.2 Å². The molecule has 1 heterocycles. The molecule has 0 radical (unpaired) electrons. The van der Waals surface area contributed by atoms with E-state index in [-0.39, 0.29) is 17.9 Å². The fraction of sp³-hybridized carbons (Fsp3) is 0.167. The van der Waals surface area contributed by atoms with Gasteiger partial charge in [-0.15, -0.1) is 11.8 Å². The van der Waals surface area contributed by atoms with Crippen LogP contribution in [0, 0.1) is 5.82 Å². The third-order valence-electron chi connectivity index (χ3n) is 2.25. The lowest BCUT2D eigenvalue weighted by Gasteiger charge is -2.04. The second-order valence-electron chi connectivity index (χ2n) is 3.61. The highest BCUT2D eigenvalue weighted by Gasteiger charge is 2.04. The number of rotatable bonds is 4. The summed E-state index contributed by atoms with van der Waals surface area (Å²) >= 11 is 1.28. The molecular weight excluding hydrogens is 253 g/mol. The Hall–Kier alpha value is -1.66. The Kier molecular flexibility index (Phi) is 4.11. The highest BCUT2D eigenvalue weighted by molar-refractivity contribution is 7.98. The third kappa shape index (κ3) is 3.18. The lowest BCUT2D eigenvalue weighted by atomic mass is 10.3. The maximum absolute atomic E-state index is 13.4. The molecule has 0 aliphatic rings. The van der Waals surface area contributed by atoms with E-state index >= 15 is 0 Å². The van der Waals surface area contributed by atoms with Gasteiger partial charge >= 0.3 is 0 Å². The van der Waals surface area contributed by atoms with Crippen LogP contribution in [-0.2, 0) is 12.3 Å². The number of nitrogens with one attached hydrogen (secondary N) is 1. The summed E-state index contributed by atoms with van der Waals surface area (Å²) in [6.45, 7) is 0.210. The first kappa shape index (κ1) is 12.8. The standard InChI is InChI=1S/C12H12FN3OS/c13-9-3-1-2-4-10(9)18-7-11-15-8(6-14)5-12(17)16-11/h1-5H,6-7,14H2,(H,15,16,17). The minimum Gasteiger partial charge on any atom is -0.325 e. The molecule has 2 rings (SSSR count). The zero-order valence-corrected chi connectivity index (χ0v) is 10.3. The molecule has 0 aliphatic carbocycles. The molecule has 0 fully saturated rings. The molecule has 0 amide bonds. The van der Waals surface area contributed by atoms with Gasteiger partial charge in [0, 0.05) is 17.5 Å². The van der Waals surface area contributed by atoms with Gasteiger partial charge in [-0.05, 0) is 12.1 Å². The molecule has 94 valence electrons. The maximum atomic E-state index is 13.4. The SMILES string of the molecule is NCc1cc(=O)[nH]c(CSc2ccccc2F)n1. The van der Waals surface area contributed by atoms with E-state index in [1.807, 2.05) is 0 Å². The van der Waals surface area contributed by atoms with Crippen LogP contribution in [0.15, 0.2) is 40.0 Å². The van der Waals surface area contributed by atoms with Crippen LogP contribution in [0.25, 0.3) is 0 Å². The number of hydrogen-bond acceptors (Lipinski definition) is 4. The largest absolute Gasteiger partial charge is 0.325 e. The highest BCUT2D eigenvalue weighted by atomic mass is 32.2. The number of aromatic nitrogens is 2. The summed E-state index contributed by atoms with van der Waals surface area (Å²) in [5, 5.41) is 0. The van der Waals surface area contributed by atoms with Gasteiger partial charge in [0.1, 0.15) is 11.6 Å². The average molecular weight is 265 g/mol. The van der Waals surface area contributed by atoms with Crippen molar-refractivity contribution in [3.63, 3.8) is 0 Å². The zero-order valence-electron chi connectivity index (χ0n) is 9.52. The van der Waals surface area contributed by atoms with Crippen molar-refractivity contribution in [3.05, 3.63) is 58.0 Å². The molecule has 0 spiro atoms. The Morgan fingerprint density at radius 3 is 2.89 bits per heavy atom.